The fourth-order valence-corrected chi connectivity index (χ4v) is 4.40. The van der Waals surface area contributed by atoms with Gasteiger partial charge in [0.25, 0.3) is 0 Å². The minimum absolute atomic E-state index is 0.225. The highest BCUT2D eigenvalue weighted by Crippen LogP contribution is 2.43. The number of nitrogens with two attached hydrogens (primary N) is 1. The predicted molar refractivity (Wildman–Crippen MR) is 102 cm³/mol. The number of alkyl halides is 3. The number of anilines is 1. The molecule has 1 unspecified atom stereocenters. The molecule has 1 aliphatic heterocycles. The minimum Gasteiger partial charge on any atom is -0.497 e. The third-order valence-electron chi connectivity index (χ3n) is 4.96. The van der Waals surface area contributed by atoms with Gasteiger partial charge in [-0.1, -0.05) is 0 Å². The molecule has 2 N–H and O–H groups in total. The van der Waals surface area contributed by atoms with E-state index in [4.69, 9.17) is 14.6 Å². The lowest BCUT2D eigenvalue weighted by molar-refractivity contribution is -0.139. The quantitative estimate of drug-likeness (QED) is 0.782. The van der Waals surface area contributed by atoms with Crippen LogP contribution in [0.1, 0.15) is 30.0 Å². The lowest BCUT2D eigenvalue weighted by Gasteiger charge is -2.29. The van der Waals surface area contributed by atoms with Gasteiger partial charge in [0.05, 0.1) is 30.7 Å². The topological polar surface area (TPSA) is 81.9 Å². The SMILES string of the molecule is COc1ccc(C2CCCN2c2ccc(S(N)(=O)=O)c(C(F)(F)F)c2)c(OC)c1. The van der Waals surface area contributed by atoms with Crippen LogP contribution in [-0.4, -0.2) is 29.2 Å². The monoisotopic (exact) mass is 430 g/mol. The normalized spacial score (nSPS) is 17.4. The number of hydrogen-bond acceptors (Lipinski definition) is 5. The molecule has 0 radical (unpaired) electrons. The molecule has 3 rings (SSSR count). The van der Waals surface area contributed by atoms with Gasteiger partial charge in [0.1, 0.15) is 11.5 Å². The van der Waals surface area contributed by atoms with Crippen LogP contribution in [0.15, 0.2) is 41.3 Å². The van der Waals surface area contributed by atoms with Crippen molar-refractivity contribution in [2.75, 3.05) is 25.7 Å². The Bertz CT molecular complexity index is 1010. The van der Waals surface area contributed by atoms with Crippen LogP contribution in [-0.2, 0) is 16.2 Å². The van der Waals surface area contributed by atoms with E-state index in [0.717, 1.165) is 24.1 Å². The summed E-state index contributed by atoms with van der Waals surface area (Å²) in [6.45, 7) is 0.520. The van der Waals surface area contributed by atoms with Gasteiger partial charge in [0.2, 0.25) is 10.0 Å². The number of benzene rings is 2. The summed E-state index contributed by atoms with van der Waals surface area (Å²) in [7, 11) is -1.47. The van der Waals surface area contributed by atoms with Gasteiger partial charge in [-0.2, -0.15) is 13.2 Å². The van der Waals surface area contributed by atoms with Crippen LogP contribution in [0, 0.1) is 0 Å². The highest BCUT2D eigenvalue weighted by atomic mass is 32.2. The Hall–Kier alpha value is -2.46. The molecule has 2 aromatic carbocycles. The first kappa shape index (κ1) is 21.3. The van der Waals surface area contributed by atoms with Crippen molar-refractivity contribution >= 4 is 15.7 Å². The number of methoxy groups -OCH3 is 2. The first-order chi connectivity index (χ1) is 13.6. The van der Waals surface area contributed by atoms with Gasteiger partial charge in [-0.3, -0.25) is 0 Å². The standard InChI is InChI=1S/C19H21F3N2O4S/c1-27-13-6-7-14(17(11-13)28-2)16-4-3-9-24(16)12-5-8-18(29(23,25)26)15(10-12)19(20,21)22/h5-8,10-11,16H,3-4,9H2,1-2H3,(H2,23,25,26). The Morgan fingerprint density at radius 2 is 1.83 bits per heavy atom. The molecule has 1 aliphatic rings. The van der Waals surface area contributed by atoms with Gasteiger partial charge in [0, 0.05) is 23.9 Å². The molecule has 6 nitrogen and oxygen atoms in total. The highest BCUT2D eigenvalue weighted by Gasteiger charge is 2.38. The summed E-state index contributed by atoms with van der Waals surface area (Å²) in [5, 5.41) is 4.97. The number of sulfonamides is 1. The van der Waals surface area contributed by atoms with Crippen molar-refractivity contribution in [2.45, 2.75) is 30.0 Å². The maximum Gasteiger partial charge on any atom is 0.417 e. The molecule has 0 amide bonds. The zero-order chi connectivity index (χ0) is 21.4. The van der Waals surface area contributed by atoms with Crippen LogP contribution in [0.25, 0.3) is 0 Å². The molecule has 0 aliphatic carbocycles. The number of halogens is 3. The Balaban J connectivity index is 2.07. The van der Waals surface area contributed by atoms with E-state index in [1.54, 1.807) is 12.1 Å². The molecule has 0 spiro atoms. The van der Waals surface area contributed by atoms with Crippen LogP contribution in [0.2, 0.25) is 0 Å². The maximum atomic E-state index is 13.5. The van der Waals surface area contributed by atoms with Gasteiger partial charge in [-0.05, 0) is 43.2 Å². The average Bonchev–Trinajstić information content (AvgIpc) is 3.15. The van der Waals surface area contributed by atoms with E-state index >= 15 is 0 Å². The molecule has 158 valence electrons. The van der Waals surface area contributed by atoms with Gasteiger partial charge in [-0.15, -0.1) is 0 Å². The first-order valence-electron chi connectivity index (χ1n) is 8.79. The first-order valence-corrected chi connectivity index (χ1v) is 10.3. The molecule has 2 aromatic rings. The van der Waals surface area contributed by atoms with E-state index in [1.807, 2.05) is 11.0 Å². The van der Waals surface area contributed by atoms with Crippen molar-refractivity contribution in [3.8, 4) is 11.5 Å². The summed E-state index contributed by atoms with van der Waals surface area (Å²) >= 11 is 0. The number of hydrogen-bond donors (Lipinski definition) is 1. The molecule has 0 bridgehead atoms. The highest BCUT2D eigenvalue weighted by molar-refractivity contribution is 7.89. The van der Waals surface area contributed by atoms with E-state index in [9.17, 15) is 21.6 Å². The van der Waals surface area contributed by atoms with Crippen molar-refractivity contribution < 1.29 is 31.1 Å². The Morgan fingerprint density at radius 1 is 1.10 bits per heavy atom. The van der Waals surface area contributed by atoms with Crippen LogP contribution in [0.5, 0.6) is 11.5 Å². The Morgan fingerprint density at radius 3 is 2.41 bits per heavy atom. The zero-order valence-electron chi connectivity index (χ0n) is 15.9. The molecule has 10 heteroatoms. The summed E-state index contributed by atoms with van der Waals surface area (Å²) in [6, 6.07) is 8.18. The maximum absolute atomic E-state index is 13.5. The van der Waals surface area contributed by atoms with Gasteiger partial charge >= 0.3 is 6.18 Å². The molecule has 1 fully saturated rings. The summed E-state index contributed by atoms with van der Waals surface area (Å²) < 4.78 is 74.3. The van der Waals surface area contributed by atoms with Crippen molar-refractivity contribution in [3.63, 3.8) is 0 Å². The Labute approximate surface area is 167 Å². The smallest absolute Gasteiger partial charge is 0.417 e. The van der Waals surface area contributed by atoms with Crippen molar-refractivity contribution in [1.29, 1.82) is 0 Å². The summed E-state index contributed by atoms with van der Waals surface area (Å²) in [5.41, 5.74) is -0.190. The molecule has 0 saturated carbocycles. The number of nitrogens with zero attached hydrogens (tertiary/aromatic N) is 1. The summed E-state index contributed by atoms with van der Waals surface area (Å²) in [5.74, 6) is 1.17. The lowest BCUT2D eigenvalue weighted by Crippen LogP contribution is -2.25. The van der Waals surface area contributed by atoms with E-state index in [-0.39, 0.29) is 11.7 Å². The summed E-state index contributed by atoms with van der Waals surface area (Å²) in [6.07, 6.45) is -3.38. The number of rotatable bonds is 5. The predicted octanol–water partition coefficient (Wildman–Crippen LogP) is 3.71. The third-order valence-corrected chi connectivity index (χ3v) is 5.93. The fraction of sp³-hybridized carbons (Fsp3) is 0.368. The largest absolute Gasteiger partial charge is 0.497 e. The fourth-order valence-electron chi connectivity index (χ4n) is 3.66. The zero-order valence-corrected chi connectivity index (χ0v) is 16.7. The molecule has 1 saturated heterocycles. The molecule has 0 aromatic heterocycles. The van der Waals surface area contributed by atoms with Gasteiger partial charge in [0.15, 0.2) is 0 Å². The number of primary sulfonamides is 1. The van der Waals surface area contributed by atoms with Crippen molar-refractivity contribution in [1.82, 2.24) is 0 Å². The molecule has 1 heterocycles. The molecular weight excluding hydrogens is 409 g/mol. The van der Waals surface area contributed by atoms with Crippen molar-refractivity contribution in [3.05, 3.63) is 47.5 Å². The van der Waals surface area contributed by atoms with Gasteiger partial charge in [-0.25, -0.2) is 13.6 Å². The minimum atomic E-state index is -4.86. The summed E-state index contributed by atoms with van der Waals surface area (Å²) in [4.78, 5) is 0.874. The van der Waals surface area contributed by atoms with E-state index < -0.39 is 26.7 Å². The van der Waals surface area contributed by atoms with E-state index in [2.05, 4.69) is 0 Å². The Kier molecular flexibility index (Phi) is 5.68. The average molecular weight is 430 g/mol. The second-order valence-electron chi connectivity index (χ2n) is 6.68. The van der Waals surface area contributed by atoms with Crippen LogP contribution < -0.4 is 19.5 Å². The second-order valence-corrected chi connectivity index (χ2v) is 8.21. The number of ether oxygens (including phenoxy) is 2. The third kappa shape index (κ3) is 4.27. The molecule has 1 atom stereocenters. The van der Waals surface area contributed by atoms with Crippen LogP contribution >= 0.6 is 0 Å². The molecule has 29 heavy (non-hydrogen) atoms. The van der Waals surface area contributed by atoms with Gasteiger partial charge < -0.3 is 14.4 Å². The van der Waals surface area contributed by atoms with Crippen molar-refractivity contribution in [2.24, 2.45) is 5.14 Å². The lowest BCUT2D eigenvalue weighted by atomic mass is 10.0. The van der Waals surface area contributed by atoms with E-state index in [1.165, 1.54) is 20.3 Å². The molecular formula is C19H21F3N2O4S. The van der Waals surface area contributed by atoms with Crippen LogP contribution in [0.4, 0.5) is 18.9 Å². The van der Waals surface area contributed by atoms with E-state index in [0.29, 0.717) is 24.5 Å². The van der Waals surface area contributed by atoms with Crippen LogP contribution in [0.3, 0.4) is 0 Å². The second kappa shape index (κ2) is 7.75.